The van der Waals surface area contributed by atoms with Gasteiger partial charge in [0.1, 0.15) is 6.07 Å². The normalized spacial score (nSPS) is 11.7. The third-order valence-corrected chi connectivity index (χ3v) is 4.97. The molecule has 0 aliphatic heterocycles. The lowest BCUT2D eigenvalue weighted by Crippen LogP contribution is -2.13. The van der Waals surface area contributed by atoms with Gasteiger partial charge >= 0.3 is 13.7 Å². The van der Waals surface area contributed by atoms with E-state index in [0.29, 0.717) is 10.7 Å². The molecule has 0 aliphatic rings. The van der Waals surface area contributed by atoms with Crippen LogP contribution in [0.1, 0.15) is 13.8 Å². The minimum Gasteiger partial charge on any atom is -0.304 e. The van der Waals surface area contributed by atoms with Crippen LogP contribution in [0.15, 0.2) is 23.4 Å². The van der Waals surface area contributed by atoms with Crippen LogP contribution in [0.25, 0.3) is 0 Å². The van der Waals surface area contributed by atoms with Crippen molar-refractivity contribution < 1.29 is 23.2 Å². The molecule has 1 amide bonds. The summed E-state index contributed by atoms with van der Waals surface area (Å²) < 4.78 is 22.2. The summed E-state index contributed by atoms with van der Waals surface area (Å²) in [7, 11) is -3.94. The Morgan fingerprint density at radius 3 is 2.42 bits per heavy atom. The molecule has 1 rings (SSSR count). The predicted octanol–water partition coefficient (Wildman–Crippen LogP) is 4.65. The van der Waals surface area contributed by atoms with E-state index in [1.807, 2.05) is 0 Å². The number of anilines is 1. The number of rotatable bonds is 7. The lowest BCUT2D eigenvalue weighted by atomic mass is 10.3. The van der Waals surface area contributed by atoms with Crippen LogP contribution in [-0.4, -0.2) is 24.8 Å². The topological polar surface area (TPSA) is 110 Å². The smallest absolute Gasteiger partial charge is 0.304 e. The number of nitrogens with one attached hydrogen (secondary N) is 1. The molecule has 0 aromatic heterocycles. The molecule has 0 fully saturated rings. The summed E-state index contributed by atoms with van der Waals surface area (Å²) in [4.78, 5) is 16.2. The van der Waals surface area contributed by atoms with Crippen molar-refractivity contribution in [2.24, 2.45) is 5.16 Å². The molecule has 0 aliphatic carbocycles. The molecule has 130 valence electrons. The molecular formula is C13H14Cl2N3O5P. The number of benzene rings is 1. The van der Waals surface area contributed by atoms with Crippen LogP contribution in [0.2, 0.25) is 10.0 Å². The Labute approximate surface area is 148 Å². The zero-order valence-electron chi connectivity index (χ0n) is 12.8. The van der Waals surface area contributed by atoms with Gasteiger partial charge in [0.15, 0.2) is 0 Å². The van der Waals surface area contributed by atoms with Gasteiger partial charge in [-0.25, -0.2) is 4.79 Å². The molecule has 8 nitrogen and oxygen atoms in total. The Morgan fingerprint density at radius 1 is 1.29 bits per heavy atom. The molecule has 0 saturated heterocycles. The molecular weight excluding hydrogens is 380 g/mol. The third kappa shape index (κ3) is 5.78. The largest absolute Gasteiger partial charge is 0.437 e. The molecule has 0 atom stereocenters. The first-order chi connectivity index (χ1) is 11.4. The highest BCUT2D eigenvalue weighted by Crippen LogP contribution is 2.49. The van der Waals surface area contributed by atoms with Crippen molar-refractivity contribution >= 4 is 48.0 Å². The van der Waals surface area contributed by atoms with E-state index in [-0.39, 0.29) is 18.2 Å². The third-order valence-electron chi connectivity index (χ3n) is 2.34. The van der Waals surface area contributed by atoms with E-state index in [1.165, 1.54) is 18.2 Å². The highest BCUT2D eigenvalue weighted by atomic mass is 35.5. The fourth-order valence-corrected chi connectivity index (χ4v) is 2.99. The molecule has 1 aromatic rings. The average molecular weight is 394 g/mol. The Hall–Kier alpha value is -1.62. The van der Waals surface area contributed by atoms with Crippen LogP contribution in [0.4, 0.5) is 10.5 Å². The van der Waals surface area contributed by atoms with E-state index in [9.17, 15) is 9.36 Å². The average Bonchev–Trinajstić information content (AvgIpc) is 2.52. The van der Waals surface area contributed by atoms with Crippen LogP contribution in [0.3, 0.4) is 0 Å². The second kappa shape index (κ2) is 9.62. The van der Waals surface area contributed by atoms with E-state index in [2.05, 4.69) is 15.3 Å². The van der Waals surface area contributed by atoms with Gasteiger partial charge in [-0.1, -0.05) is 28.4 Å². The van der Waals surface area contributed by atoms with Crippen LogP contribution < -0.4 is 5.32 Å². The zero-order chi connectivity index (χ0) is 18.2. The highest BCUT2D eigenvalue weighted by molar-refractivity contribution is 7.73. The number of oxime groups is 1. The second-order valence-corrected chi connectivity index (χ2v) is 6.74. The van der Waals surface area contributed by atoms with Crippen molar-refractivity contribution in [1.82, 2.24) is 0 Å². The first-order valence-electron chi connectivity index (χ1n) is 6.67. The molecule has 0 spiro atoms. The molecule has 24 heavy (non-hydrogen) atoms. The maximum Gasteiger partial charge on any atom is 0.437 e. The van der Waals surface area contributed by atoms with Crippen LogP contribution >= 0.6 is 30.8 Å². The Balaban J connectivity index is 2.83. The number of nitrogens with zero attached hydrogens (tertiary/aromatic N) is 2. The highest BCUT2D eigenvalue weighted by Gasteiger charge is 2.33. The monoisotopic (exact) mass is 393 g/mol. The molecule has 0 unspecified atom stereocenters. The minimum absolute atomic E-state index is 0.0213. The number of nitriles is 1. The van der Waals surface area contributed by atoms with Gasteiger partial charge in [-0.15, -0.1) is 0 Å². The maximum absolute atomic E-state index is 12.4. The molecule has 0 bridgehead atoms. The number of halogens is 2. The van der Waals surface area contributed by atoms with Gasteiger partial charge in [0.05, 0.1) is 23.3 Å². The molecule has 0 radical (unpaired) electrons. The van der Waals surface area contributed by atoms with Crippen LogP contribution in [0.5, 0.6) is 0 Å². The summed E-state index contributed by atoms with van der Waals surface area (Å²) >= 11 is 11.6. The maximum atomic E-state index is 12.4. The number of amides is 1. The quantitative estimate of drug-likeness (QED) is 0.312. The van der Waals surface area contributed by atoms with Crippen molar-refractivity contribution in [3.8, 4) is 6.07 Å². The van der Waals surface area contributed by atoms with E-state index in [1.54, 1.807) is 19.9 Å². The van der Waals surface area contributed by atoms with E-state index >= 15 is 0 Å². The Morgan fingerprint density at radius 2 is 1.92 bits per heavy atom. The van der Waals surface area contributed by atoms with Crippen molar-refractivity contribution in [3.05, 3.63) is 28.2 Å². The van der Waals surface area contributed by atoms with Gasteiger partial charge < -0.3 is 9.05 Å². The van der Waals surface area contributed by atoms with Crippen LogP contribution in [0, 0.1) is 11.3 Å². The van der Waals surface area contributed by atoms with Gasteiger partial charge in [0, 0.05) is 5.69 Å². The van der Waals surface area contributed by atoms with Gasteiger partial charge in [-0.3, -0.25) is 14.7 Å². The van der Waals surface area contributed by atoms with E-state index < -0.39 is 19.1 Å². The Kier molecular flexibility index (Phi) is 8.19. The van der Waals surface area contributed by atoms with Gasteiger partial charge in [0.2, 0.25) is 0 Å². The molecule has 0 heterocycles. The minimum atomic E-state index is -3.94. The number of carbonyl (C=O) groups excluding carboxylic acids is 1. The summed E-state index contributed by atoms with van der Waals surface area (Å²) in [5, 5.41) is 15.1. The number of hydrogen-bond donors (Lipinski definition) is 1. The molecule has 11 heteroatoms. The van der Waals surface area contributed by atoms with Gasteiger partial charge in [-0.05, 0) is 32.0 Å². The van der Waals surface area contributed by atoms with Crippen molar-refractivity contribution in [2.75, 3.05) is 18.5 Å². The lowest BCUT2D eigenvalue weighted by molar-refractivity contribution is 0.166. The molecule has 1 N–H and O–H groups in total. The van der Waals surface area contributed by atoms with Crippen molar-refractivity contribution in [2.45, 2.75) is 13.8 Å². The zero-order valence-corrected chi connectivity index (χ0v) is 15.2. The second-order valence-electron chi connectivity index (χ2n) is 3.99. The lowest BCUT2D eigenvalue weighted by Gasteiger charge is -2.14. The van der Waals surface area contributed by atoms with E-state index in [0.717, 1.165) is 0 Å². The number of carbonyl (C=O) groups is 1. The summed E-state index contributed by atoms with van der Waals surface area (Å²) in [5.41, 5.74) is -0.378. The number of hydrogen-bond acceptors (Lipinski definition) is 7. The summed E-state index contributed by atoms with van der Waals surface area (Å²) in [6.07, 6.45) is -1.03. The van der Waals surface area contributed by atoms with Gasteiger partial charge in [-0.2, -0.15) is 5.26 Å². The summed E-state index contributed by atoms with van der Waals surface area (Å²) in [6.45, 7) is 3.18. The molecule has 1 aromatic carbocycles. The van der Waals surface area contributed by atoms with Crippen LogP contribution in [-0.2, 0) is 18.5 Å². The van der Waals surface area contributed by atoms with Crippen molar-refractivity contribution in [3.63, 3.8) is 0 Å². The van der Waals surface area contributed by atoms with Gasteiger partial charge in [0.25, 0.3) is 5.45 Å². The summed E-state index contributed by atoms with van der Waals surface area (Å²) in [5.74, 6) is 0. The fraction of sp³-hybridized carbons (Fsp3) is 0.308. The SMILES string of the molecule is CCOP(=O)(OCC)/C(C#N)=N\OC(=O)Nc1ccc(Cl)c(Cl)c1. The molecule has 0 saturated carbocycles. The standard InChI is InChI=1S/C13H14Cl2N3O5P/c1-3-21-24(20,22-4-2)12(8-16)18-23-13(19)17-9-5-6-10(14)11(15)7-9/h5-7H,3-4H2,1-2H3,(H,17,19)/b18-12-. The first-order valence-corrected chi connectivity index (χ1v) is 8.97. The predicted molar refractivity (Wildman–Crippen MR) is 90.5 cm³/mol. The fourth-order valence-electron chi connectivity index (χ4n) is 1.43. The van der Waals surface area contributed by atoms with Crippen molar-refractivity contribution in [1.29, 1.82) is 5.26 Å². The van der Waals surface area contributed by atoms with E-state index in [4.69, 9.17) is 37.5 Å². The Bertz CT molecular complexity index is 710. The summed E-state index contributed by atoms with van der Waals surface area (Å²) in [6, 6.07) is 5.89. The first kappa shape index (κ1) is 20.4.